The number of amides is 1. The Morgan fingerprint density at radius 1 is 1.50 bits per heavy atom. The Bertz CT molecular complexity index is 599. The second kappa shape index (κ2) is 6.48. The first-order valence-corrected chi connectivity index (χ1v) is 7.59. The van der Waals surface area contributed by atoms with Crippen molar-refractivity contribution in [1.82, 2.24) is 14.5 Å². The molecule has 1 amide bonds. The van der Waals surface area contributed by atoms with Crippen molar-refractivity contribution in [2.45, 2.75) is 38.3 Å². The van der Waals surface area contributed by atoms with E-state index in [1.165, 1.54) is 4.90 Å². The lowest BCUT2D eigenvalue weighted by atomic mass is 9.89. The van der Waals surface area contributed by atoms with Gasteiger partial charge in [0.05, 0.1) is 12.0 Å². The minimum absolute atomic E-state index is 0.0608. The first kappa shape index (κ1) is 16.5. The quantitative estimate of drug-likeness (QED) is 0.852. The summed E-state index contributed by atoms with van der Waals surface area (Å²) < 4.78 is 1.58. The first-order chi connectivity index (χ1) is 10.4. The van der Waals surface area contributed by atoms with E-state index < -0.39 is 5.60 Å². The van der Waals surface area contributed by atoms with Crippen LogP contribution in [0.5, 0.6) is 0 Å². The molecule has 0 aliphatic carbocycles. The van der Waals surface area contributed by atoms with Gasteiger partial charge in [0.2, 0.25) is 5.91 Å². The van der Waals surface area contributed by atoms with Crippen LogP contribution in [0.3, 0.4) is 0 Å². The number of hydrogen-bond donors (Lipinski definition) is 1. The molecule has 122 valence electrons. The highest BCUT2D eigenvalue weighted by Crippen LogP contribution is 2.26. The number of piperidine rings is 1. The molecule has 0 saturated carbocycles. The molecule has 2 rings (SSSR count). The Hall–Kier alpha value is -1.89. The van der Waals surface area contributed by atoms with Gasteiger partial charge in [0.25, 0.3) is 5.56 Å². The standard InChI is InChI=1S/C15H24N4O3/c1-4-18-9-7-16-13(14(18)21)19-8-5-6-15(22,11-19)10-12(20)17(2)3/h7,9,22H,4-6,8,10-11H2,1-3H3. The van der Waals surface area contributed by atoms with Crippen LogP contribution in [0, 0.1) is 0 Å². The Morgan fingerprint density at radius 3 is 2.86 bits per heavy atom. The number of carbonyl (C=O) groups is 1. The fourth-order valence-electron chi connectivity index (χ4n) is 2.78. The molecule has 22 heavy (non-hydrogen) atoms. The van der Waals surface area contributed by atoms with Crippen LogP contribution in [0.25, 0.3) is 0 Å². The minimum atomic E-state index is -1.11. The number of nitrogens with zero attached hydrogens (tertiary/aromatic N) is 4. The van der Waals surface area contributed by atoms with Gasteiger partial charge in [0.15, 0.2) is 5.82 Å². The summed E-state index contributed by atoms with van der Waals surface area (Å²) in [5.74, 6) is 0.233. The summed E-state index contributed by atoms with van der Waals surface area (Å²) in [6, 6.07) is 0. The second-order valence-electron chi connectivity index (χ2n) is 6.06. The van der Waals surface area contributed by atoms with Gasteiger partial charge >= 0.3 is 0 Å². The highest BCUT2D eigenvalue weighted by Gasteiger charge is 2.37. The Balaban J connectivity index is 2.20. The predicted octanol–water partition coefficient (Wildman–Crippen LogP) is 0.0728. The summed E-state index contributed by atoms with van der Waals surface area (Å²) >= 11 is 0. The number of aliphatic hydroxyl groups is 1. The number of β-amino-alcohol motifs (C(OH)–C–C–N with tert-alkyl or cyclic N) is 1. The maximum atomic E-state index is 12.3. The fraction of sp³-hybridized carbons (Fsp3) is 0.667. The van der Waals surface area contributed by atoms with Gasteiger partial charge in [-0.25, -0.2) is 4.98 Å². The van der Waals surface area contributed by atoms with E-state index in [0.29, 0.717) is 25.3 Å². The van der Waals surface area contributed by atoms with Gasteiger partial charge < -0.3 is 19.5 Å². The third-order valence-electron chi connectivity index (χ3n) is 4.07. The molecular weight excluding hydrogens is 284 g/mol. The van der Waals surface area contributed by atoms with Crippen LogP contribution in [-0.2, 0) is 11.3 Å². The van der Waals surface area contributed by atoms with E-state index in [-0.39, 0.29) is 24.4 Å². The van der Waals surface area contributed by atoms with Crippen LogP contribution >= 0.6 is 0 Å². The first-order valence-electron chi connectivity index (χ1n) is 7.59. The van der Waals surface area contributed by atoms with Crippen LogP contribution in [-0.4, -0.2) is 58.3 Å². The number of anilines is 1. The van der Waals surface area contributed by atoms with Crippen LogP contribution in [0.1, 0.15) is 26.2 Å². The number of rotatable bonds is 4. The van der Waals surface area contributed by atoms with Gasteiger partial charge in [-0.15, -0.1) is 0 Å². The second-order valence-corrected chi connectivity index (χ2v) is 6.06. The van der Waals surface area contributed by atoms with Gasteiger partial charge in [-0.05, 0) is 19.8 Å². The Kier molecular flexibility index (Phi) is 4.85. The molecule has 7 nitrogen and oxygen atoms in total. The molecule has 1 saturated heterocycles. The molecule has 0 radical (unpaired) electrons. The van der Waals surface area contributed by atoms with E-state index >= 15 is 0 Å². The number of hydrogen-bond acceptors (Lipinski definition) is 5. The van der Waals surface area contributed by atoms with Gasteiger partial charge in [0.1, 0.15) is 0 Å². The third-order valence-corrected chi connectivity index (χ3v) is 4.07. The molecule has 1 unspecified atom stereocenters. The van der Waals surface area contributed by atoms with E-state index in [2.05, 4.69) is 4.98 Å². The number of carbonyl (C=O) groups excluding carboxylic acids is 1. The normalized spacial score (nSPS) is 21.7. The van der Waals surface area contributed by atoms with Crippen molar-refractivity contribution in [1.29, 1.82) is 0 Å². The molecule has 0 spiro atoms. The molecule has 1 N–H and O–H groups in total. The highest BCUT2D eigenvalue weighted by molar-refractivity contribution is 5.76. The molecular formula is C15H24N4O3. The van der Waals surface area contributed by atoms with E-state index in [1.54, 1.807) is 36.0 Å². The third kappa shape index (κ3) is 3.47. The molecule has 1 aromatic heterocycles. The molecule has 1 aromatic rings. The highest BCUT2D eigenvalue weighted by atomic mass is 16.3. The van der Waals surface area contributed by atoms with Gasteiger partial charge in [-0.2, -0.15) is 0 Å². The maximum Gasteiger partial charge on any atom is 0.293 e. The molecule has 1 atom stereocenters. The zero-order valence-corrected chi connectivity index (χ0v) is 13.4. The fourth-order valence-corrected chi connectivity index (χ4v) is 2.78. The van der Waals surface area contributed by atoms with Crippen molar-refractivity contribution in [2.24, 2.45) is 0 Å². The van der Waals surface area contributed by atoms with Gasteiger partial charge in [-0.1, -0.05) is 0 Å². The minimum Gasteiger partial charge on any atom is -0.388 e. The SMILES string of the molecule is CCn1ccnc(N2CCCC(O)(CC(=O)N(C)C)C2)c1=O. The summed E-state index contributed by atoms with van der Waals surface area (Å²) in [7, 11) is 3.34. The van der Waals surface area contributed by atoms with E-state index in [0.717, 1.165) is 6.42 Å². The van der Waals surface area contributed by atoms with Crippen LogP contribution in [0.15, 0.2) is 17.2 Å². The predicted molar refractivity (Wildman–Crippen MR) is 83.9 cm³/mol. The van der Waals surface area contributed by atoms with Crippen molar-refractivity contribution in [2.75, 3.05) is 32.1 Å². The molecule has 1 aliphatic heterocycles. The number of aromatic nitrogens is 2. The zero-order valence-electron chi connectivity index (χ0n) is 13.4. The molecule has 2 heterocycles. The summed E-state index contributed by atoms with van der Waals surface area (Å²) in [5, 5.41) is 10.7. The summed E-state index contributed by atoms with van der Waals surface area (Å²) in [4.78, 5) is 31.7. The lowest BCUT2D eigenvalue weighted by Crippen LogP contribution is -2.52. The average molecular weight is 308 g/mol. The van der Waals surface area contributed by atoms with E-state index in [9.17, 15) is 14.7 Å². The number of aryl methyl sites for hydroxylation is 1. The van der Waals surface area contributed by atoms with Gasteiger partial charge in [-0.3, -0.25) is 9.59 Å². The molecule has 0 bridgehead atoms. The Morgan fingerprint density at radius 2 is 2.23 bits per heavy atom. The van der Waals surface area contributed by atoms with Crippen molar-refractivity contribution in [3.05, 3.63) is 22.7 Å². The largest absolute Gasteiger partial charge is 0.388 e. The lowest BCUT2D eigenvalue weighted by molar-refractivity contribution is -0.134. The smallest absolute Gasteiger partial charge is 0.293 e. The molecule has 1 aliphatic rings. The van der Waals surface area contributed by atoms with Gasteiger partial charge in [0, 0.05) is 46.1 Å². The van der Waals surface area contributed by atoms with E-state index in [1.807, 2.05) is 6.92 Å². The summed E-state index contributed by atoms with van der Waals surface area (Å²) in [6.07, 6.45) is 4.58. The molecule has 0 aromatic carbocycles. The van der Waals surface area contributed by atoms with Crippen molar-refractivity contribution < 1.29 is 9.90 Å². The Labute approximate surface area is 130 Å². The molecule has 1 fully saturated rings. The van der Waals surface area contributed by atoms with E-state index in [4.69, 9.17) is 0 Å². The van der Waals surface area contributed by atoms with Crippen LogP contribution in [0.4, 0.5) is 5.82 Å². The lowest BCUT2D eigenvalue weighted by Gasteiger charge is -2.39. The zero-order chi connectivity index (χ0) is 16.3. The van der Waals surface area contributed by atoms with Crippen LogP contribution < -0.4 is 10.5 Å². The van der Waals surface area contributed by atoms with Crippen LogP contribution in [0.2, 0.25) is 0 Å². The van der Waals surface area contributed by atoms with Crippen molar-refractivity contribution in [3.8, 4) is 0 Å². The summed E-state index contributed by atoms with van der Waals surface area (Å²) in [6.45, 7) is 3.38. The maximum absolute atomic E-state index is 12.3. The average Bonchev–Trinajstić information content (AvgIpc) is 2.47. The monoisotopic (exact) mass is 308 g/mol. The van der Waals surface area contributed by atoms with Crippen molar-refractivity contribution >= 4 is 11.7 Å². The topological polar surface area (TPSA) is 78.7 Å². The molecule has 7 heteroatoms. The van der Waals surface area contributed by atoms with Crippen molar-refractivity contribution in [3.63, 3.8) is 0 Å². The summed E-state index contributed by atoms with van der Waals surface area (Å²) in [5.41, 5.74) is -1.27.